The third-order valence-electron chi connectivity index (χ3n) is 2.47. The highest BCUT2D eigenvalue weighted by Gasteiger charge is 2.12. The van der Waals surface area contributed by atoms with E-state index in [1.54, 1.807) is 24.2 Å². The molecule has 0 bridgehead atoms. The number of nitrogens with two attached hydrogens (primary N) is 1. The Bertz CT molecular complexity index is 351. The van der Waals surface area contributed by atoms with Gasteiger partial charge in [0, 0.05) is 19.2 Å². The number of ether oxygens (including phenoxy) is 1. The second-order valence-electron chi connectivity index (χ2n) is 3.95. The molecule has 1 unspecified atom stereocenters. The van der Waals surface area contributed by atoms with Crippen molar-refractivity contribution in [2.24, 2.45) is 11.7 Å². The summed E-state index contributed by atoms with van der Waals surface area (Å²) in [5, 5.41) is 6.91. The van der Waals surface area contributed by atoms with E-state index >= 15 is 0 Å². The number of nitrogens with zero attached hydrogens (tertiary/aromatic N) is 2. The first-order valence-electron chi connectivity index (χ1n) is 5.69. The summed E-state index contributed by atoms with van der Waals surface area (Å²) in [6, 6.07) is 0. The van der Waals surface area contributed by atoms with Crippen LogP contribution in [0.25, 0.3) is 0 Å². The van der Waals surface area contributed by atoms with E-state index in [2.05, 4.69) is 10.4 Å². The number of hydrogen-bond acceptors (Lipinski definition) is 4. The summed E-state index contributed by atoms with van der Waals surface area (Å²) in [4.78, 5) is 11.7. The van der Waals surface area contributed by atoms with Crippen LogP contribution in [-0.4, -0.2) is 35.9 Å². The van der Waals surface area contributed by atoms with Gasteiger partial charge in [0.15, 0.2) is 0 Å². The monoisotopic (exact) mass is 240 g/mol. The lowest BCUT2D eigenvalue weighted by molar-refractivity contribution is -0.119. The Kier molecular flexibility index (Phi) is 5.65. The van der Waals surface area contributed by atoms with Gasteiger partial charge < -0.3 is 15.8 Å². The summed E-state index contributed by atoms with van der Waals surface area (Å²) >= 11 is 0. The number of anilines is 1. The third-order valence-corrected chi connectivity index (χ3v) is 2.47. The molecule has 0 aliphatic rings. The van der Waals surface area contributed by atoms with Crippen LogP contribution < -0.4 is 11.1 Å². The molecule has 0 radical (unpaired) electrons. The van der Waals surface area contributed by atoms with E-state index in [1.165, 1.54) is 0 Å². The van der Waals surface area contributed by atoms with Gasteiger partial charge in [-0.05, 0) is 13.0 Å². The first kappa shape index (κ1) is 13.7. The molecule has 0 aromatic carbocycles. The van der Waals surface area contributed by atoms with Crippen LogP contribution in [0, 0.1) is 5.92 Å². The van der Waals surface area contributed by atoms with Gasteiger partial charge in [0.05, 0.1) is 25.0 Å². The molecule has 0 saturated carbocycles. The number of carbonyl (C=O) groups is 1. The van der Waals surface area contributed by atoms with Gasteiger partial charge >= 0.3 is 0 Å². The Hall–Kier alpha value is -1.40. The minimum atomic E-state index is -0.0812. The molecule has 17 heavy (non-hydrogen) atoms. The van der Waals surface area contributed by atoms with Crippen molar-refractivity contribution in [3.63, 3.8) is 0 Å². The lowest BCUT2D eigenvalue weighted by Crippen LogP contribution is -2.22. The highest BCUT2D eigenvalue weighted by molar-refractivity contribution is 5.91. The Labute approximate surface area is 101 Å². The highest BCUT2D eigenvalue weighted by Crippen LogP contribution is 2.09. The van der Waals surface area contributed by atoms with Crippen LogP contribution in [0.3, 0.4) is 0 Å². The molecule has 0 saturated heterocycles. The first-order valence-corrected chi connectivity index (χ1v) is 5.69. The van der Waals surface area contributed by atoms with Crippen molar-refractivity contribution in [1.82, 2.24) is 9.78 Å². The zero-order valence-electron chi connectivity index (χ0n) is 10.3. The number of hydrogen-bond donors (Lipinski definition) is 2. The Morgan fingerprint density at radius 2 is 2.47 bits per heavy atom. The summed E-state index contributed by atoms with van der Waals surface area (Å²) in [6.45, 7) is 3.64. The molecule has 0 aliphatic heterocycles. The molecular formula is C11H20N4O2. The number of carbonyl (C=O) groups excluding carboxylic acids is 1. The number of nitrogens with one attached hydrogen (secondary N) is 1. The molecule has 0 fully saturated rings. The van der Waals surface area contributed by atoms with E-state index in [9.17, 15) is 4.79 Å². The molecule has 1 aromatic rings. The molecule has 0 spiro atoms. The fourth-order valence-corrected chi connectivity index (χ4v) is 1.38. The van der Waals surface area contributed by atoms with Crippen LogP contribution >= 0.6 is 0 Å². The standard InChI is InChI=1S/C11H20N4O2/c1-9(3-4-12)11(16)14-10-7-13-15(8-10)5-6-17-2/h7-9H,3-6,12H2,1-2H3,(H,14,16). The lowest BCUT2D eigenvalue weighted by atomic mass is 10.1. The summed E-state index contributed by atoms with van der Waals surface area (Å²) in [5.74, 6) is -0.107. The number of amides is 1. The minimum Gasteiger partial charge on any atom is -0.383 e. The normalized spacial score (nSPS) is 12.4. The van der Waals surface area contributed by atoms with Crippen LogP contribution in [0.15, 0.2) is 12.4 Å². The highest BCUT2D eigenvalue weighted by atomic mass is 16.5. The average molecular weight is 240 g/mol. The van der Waals surface area contributed by atoms with E-state index in [1.807, 2.05) is 6.92 Å². The molecule has 1 aromatic heterocycles. The van der Waals surface area contributed by atoms with Crippen molar-refractivity contribution in [2.45, 2.75) is 19.9 Å². The van der Waals surface area contributed by atoms with E-state index < -0.39 is 0 Å². The quantitative estimate of drug-likeness (QED) is 0.725. The maximum atomic E-state index is 11.7. The van der Waals surface area contributed by atoms with Crippen molar-refractivity contribution in [2.75, 3.05) is 25.6 Å². The predicted octanol–water partition coefficient (Wildman–Crippen LogP) is 0.453. The fourth-order valence-electron chi connectivity index (χ4n) is 1.38. The van der Waals surface area contributed by atoms with Gasteiger partial charge in [0.1, 0.15) is 0 Å². The van der Waals surface area contributed by atoms with Crippen molar-refractivity contribution >= 4 is 11.6 Å². The van der Waals surface area contributed by atoms with Crippen LogP contribution in [0.1, 0.15) is 13.3 Å². The Morgan fingerprint density at radius 3 is 3.12 bits per heavy atom. The van der Waals surface area contributed by atoms with Crippen LogP contribution in [-0.2, 0) is 16.1 Å². The van der Waals surface area contributed by atoms with Gasteiger partial charge in [-0.2, -0.15) is 5.10 Å². The van der Waals surface area contributed by atoms with Crippen molar-refractivity contribution < 1.29 is 9.53 Å². The summed E-state index contributed by atoms with van der Waals surface area (Å²) in [7, 11) is 1.64. The molecule has 1 rings (SSSR count). The molecule has 1 heterocycles. The summed E-state index contributed by atoms with van der Waals surface area (Å²) in [5.41, 5.74) is 6.11. The van der Waals surface area contributed by atoms with Gasteiger partial charge in [-0.3, -0.25) is 9.48 Å². The molecule has 6 nitrogen and oxygen atoms in total. The minimum absolute atomic E-state index is 0.0262. The summed E-state index contributed by atoms with van der Waals surface area (Å²) in [6.07, 6.45) is 4.10. The van der Waals surface area contributed by atoms with E-state index in [4.69, 9.17) is 10.5 Å². The van der Waals surface area contributed by atoms with Crippen LogP contribution in [0.5, 0.6) is 0 Å². The van der Waals surface area contributed by atoms with Crippen molar-refractivity contribution in [1.29, 1.82) is 0 Å². The molecular weight excluding hydrogens is 220 g/mol. The SMILES string of the molecule is COCCn1cc(NC(=O)C(C)CCN)cn1. The van der Waals surface area contributed by atoms with Crippen LogP contribution in [0.2, 0.25) is 0 Å². The van der Waals surface area contributed by atoms with Gasteiger partial charge in [-0.15, -0.1) is 0 Å². The topological polar surface area (TPSA) is 82.2 Å². The molecule has 1 amide bonds. The molecule has 3 N–H and O–H groups in total. The molecule has 96 valence electrons. The summed E-state index contributed by atoms with van der Waals surface area (Å²) < 4.78 is 6.67. The second kappa shape index (κ2) is 7.03. The number of aromatic nitrogens is 2. The van der Waals surface area contributed by atoms with E-state index in [0.29, 0.717) is 31.8 Å². The van der Waals surface area contributed by atoms with Gasteiger partial charge in [0.25, 0.3) is 0 Å². The van der Waals surface area contributed by atoms with Gasteiger partial charge in [-0.1, -0.05) is 6.92 Å². The second-order valence-corrected chi connectivity index (χ2v) is 3.95. The van der Waals surface area contributed by atoms with Crippen molar-refractivity contribution in [3.8, 4) is 0 Å². The average Bonchev–Trinajstić information content (AvgIpc) is 2.74. The maximum Gasteiger partial charge on any atom is 0.227 e. The maximum absolute atomic E-state index is 11.7. The zero-order chi connectivity index (χ0) is 12.7. The Balaban J connectivity index is 2.45. The largest absolute Gasteiger partial charge is 0.383 e. The van der Waals surface area contributed by atoms with Gasteiger partial charge in [-0.25, -0.2) is 0 Å². The number of methoxy groups -OCH3 is 1. The molecule has 1 atom stereocenters. The van der Waals surface area contributed by atoms with Crippen molar-refractivity contribution in [3.05, 3.63) is 12.4 Å². The Morgan fingerprint density at radius 1 is 1.71 bits per heavy atom. The smallest absolute Gasteiger partial charge is 0.227 e. The number of rotatable bonds is 7. The van der Waals surface area contributed by atoms with Crippen LogP contribution in [0.4, 0.5) is 5.69 Å². The van der Waals surface area contributed by atoms with E-state index in [0.717, 1.165) is 0 Å². The molecule has 6 heteroatoms. The third kappa shape index (κ3) is 4.54. The fraction of sp³-hybridized carbons (Fsp3) is 0.636. The predicted molar refractivity (Wildman–Crippen MR) is 65.6 cm³/mol. The molecule has 0 aliphatic carbocycles. The van der Waals surface area contributed by atoms with E-state index in [-0.39, 0.29) is 11.8 Å². The first-order chi connectivity index (χ1) is 8.17. The zero-order valence-corrected chi connectivity index (χ0v) is 10.3. The lowest BCUT2D eigenvalue weighted by Gasteiger charge is -2.09. The van der Waals surface area contributed by atoms with Gasteiger partial charge in [0.2, 0.25) is 5.91 Å².